The van der Waals surface area contributed by atoms with E-state index in [0.717, 1.165) is 28.6 Å². The summed E-state index contributed by atoms with van der Waals surface area (Å²) in [5.41, 5.74) is 4.08. The second kappa shape index (κ2) is 7.23. The van der Waals surface area contributed by atoms with E-state index in [9.17, 15) is 13.2 Å². The number of amides is 1. The van der Waals surface area contributed by atoms with E-state index in [-0.39, 0.29) is 18.9 Å². The monoisotopic (exact) mass is 388 g/mol. The van der Waals surface area contributed by atoms with Crippen molar-refractivity contribution in [2.75, 3.05) is 22.4 Å². The molecular formula is C20H24N2O4S. The number of anilines is 2. The van der Waals surface area contributed by atoms with Gasteiger partial charge in [0, 0.05) is 18.7 Å². The Morgan fingerprint density at radius 1 is 1.15 bits per heavy atom. The van der Waals surface area contributed by atoms with E-state index < -0.39 is 16.1 Å². The number of benzene rings is 2. The van der Waals surface area contributed by atoms with Crippen molar-refractivity contribution in [3.8, 4) is 5.75 Å². The SMILES string of the molecule is Cc1ccc2c(c1)N(S(C)(=O)=O)CC[C@H](C(=O)Nc1c(C)cccc1C)O2. The molecule has 2 aromatic carbocycles. The van der Waals surface area contributed by atoms with Crippen LogP contribution in [-0.4, -0.2) is 33.2 Å². The van der Waals surface area contributed by atoms with Gasteiger partial charge in [-0.05, 0) is 49.6 Å². The number of nitrogens with one attached hydrogen (secondary N) is 1. The molecule has 0 aromatic heterocycles. The molecule has 0 fully saturated rings. The van der Waals surface area contributed by atoms with Gasteiger partial charge >= 0.3 is 0 Å². The average molecular weight is 388 g/mol. The van der Waals surface area contributed by atoms with Crippen molar-refractivity contribution in [1.29, 1.82) is 0 Å². The van der Waals surface area contributed by atoms with Crippen LogP contribution in [0.1, 0.15) is 23.1 Å². The zero-order chi connectivity index (χ0) is 19.8. The van der Waals surface area contributed by atoms with Gasteiger partial charge in [0.2, 0.25) is 10.0 Å². The summed E-state index contributed by atoms with van der Waals surface area (Å²) in [6.07, 6.45) is 0.644. The maximum absolute atomic E-state index is 12.9. The molecule has 1 heterocycles. The largest absolute Gasteiger partial charge is 0.478 e. The first-order valence-electron chi connectivity index (χ1n) is 8.79. The molecule has 0 aliphatic carbocycles. The van der Waals surface area contributed by atoms with Gasteiger partial charge in [0.05, 0.1) is 11.9 Å². The molecule has 0 radical (unpaired) electrons. The van der Waals surface area contributed by atoms with Crippen LogP contribution in [0.2, 0.25) is 0 Å². The number of nitrogens with zero attached hydrogens (tertiary/aromatic N) is 1. The average Bonchev–Trinajstić information content (AvgIpc) is 2.77. The van der Waals surface area contributed by atoms with Gasteiger partial charge in [-0.25, -0.2) is 8.42 Å². The van der Waals surface area contributed by atoms with Gasteiger partial charge < -0.3 is 10.1 Å². The Labute approximate surface area is 160 Å². The Kier molecular flexibility index (Phi) is 5.15. The van der Waals surface area contributed by atoms with Crippen molar-refractivity contribution in [2.24, 2.45) is 0 Å². The standard InChI is InChI=1S/C20H24N2O4S/c1-13-8-9-17-16(12-13)22(27(4,24)25)11-10-18(26-17)20(23)21-19-14(2)6-5-7-15(19)3/h5-9,12,18H,10-11H2,1-4H3,(H,21,23)/t18-/m1/s1. The van der Waals surface area contributed by atoms with Crippen molar-refractivity contribution in [3.05, 3.63) is 53.1 Å². The summed E-state index contributed by atoms with van der Waals surface area (Å²) in [5.74, 6) is 0.111. The van der Waals surface area contributed by atoms with Crippen molar-refractivity contribution >= 4 is 27.3 Å². The van der Waals surface area contributed by atoms with Gasteiger partial charge in [0.1, 0.15) is 5.75 Å². The molecule has 0 bridgehead atoms. The second-order valence-electron chi connectivity index (χ2n) is 6.96. The fourth-order valence-electron chi connectivity index (χ4n) is 3.23. The maximum atomic E-state index is 12.9. The van der Waals surface area contributed by atoms with Gasteiger partial charge in [-0.2, -0.15) is 0 Å². The molecule has 27 heavy (non-hydrogen) atoms. The van der Waals surface area contributed by atoms with E-state index in [0.29, 0.717) is 11.4 Å². The molecule has 0 spiro atoms. The van der Waals surface area contributed by atoms with Crippen LogP contribution >= 0.6 is 0 Å². The number of hydrogen-bond acceptors (Lipinski definition) is 4. The van der Waals surface area contributed by atoms with Crippen LogP contribution in [0.5, 0.6) is 5.75 Å². The molecule has 1 amide bonds. The smallest absolute Gasteiger partial charge is 0.265 e. The maximum Gasteiger partial charge on any atom is 0.265 e. The summed E-state index contributed by atoms with van der Waals surface area (Å²) in [6.45, 7) is 5.93. The molecule has 6 nitrogen and oxygen atoms in total. The second-order valence-corrected chi connectivity index (χ2v) is 8.86. The zero-order valence-corrected chi connectivity index (χ0v) is 16.8. The van der Waals surface area contributed by atoms with Crippen LogP contribution in [-0.2, 0) is 14.8 Å². The number of sulfonamides is 1. The summed E-state index contributed by atoms with van der Waals surface area (Å²) < 4.78 is 31.7. The van der Waals surface area contributed by atoms with E-state index in [1.165, 1.54) is 4.31 Å². The number of fused-ring (bicyclic) bond motifs is 1. The highest BCUT2D eigenvalue weighted by atomic mass is 32.2. The number of carbonyl (C=O) groups excluding carboxylic acids is 1. The molecule has 1 atom stereocenters. The van der Waals surface area contributed by atoms with Crippen molar-refractivity contribution < 1.29 is 17.9 Å². The van der Waals surface area contributed by atoms with E-state index in [1.807, 2.05) is 45.0 Å². The number of aryl methyl sites for hydroxylation is 3. The van der Waals surface area contributed by atoms with Gasteiger partial charge in [-0.1, -0.05) is 24.3 Å². The lowest BCUT2D eigenvalue weighted by molar-refractivity contribution is -0.122. The lowest BCUT2D eigenvalue weighted by Crippen LogP contribution is -2.36. The third-order valence-electron chi connectivity index (χ3n) is 4.67. The van der Waals surface area contributed by atoms with Crippen LogP contribution < -0.4 is 14.4 Å². The van der Waals surface area contributed by atoms with Crippen LogP contribution in [0.15, 0.2) is 36.4 Å². The Hall–Kier alpha value is -2.54. The number of ether oxygens (including phenoxy) is 1. The minimum Gasteiger partial charge on any atom is -0.478 e. The number of carbonyl (C=O) groups is 1. The van der Waals surface area contributed by atoms with Gasteiger partial charge in [0.15, 0.2) is 6.10 Å². The number of hydrogen-bond donors (Lipinski definition) is 1. The van der Waals surface area contributed by atoms with Gasteiger partial charge in [-0.3, -0.25) is 9.10 Å². The topological polar surface area (TPSA) is 75.7 Å². The van der Waals surface area contributed by atoms with E-state index in [1.54, 1.807) is 12.1 Å². The van der Waals surface area contributed by atoms with Crippen LogP contribution in [0.4, 0.5) is 11.4 Å². The lowest BCUT2D eigenvalue weighted by Gasteiger charge is -2.21. The summed E-state index contributed by atoms with van der Waals surface area (Å²) in [6, 6.07) is 11.1. The molecule has 144 valence electrons. The minimum atomic E-state index is -3.48. The first-order chi connectivity index (χ1) is 12.7. The normalized spacial score (nSPS) is 16.9. The first kappa shape index (κ1) is 19.2. The fourth-order valence-corrected chi connectivity index (χ4v) is 4.17. The van der Waals surface area contributed by atoms with E-state index in [2.05, 4.69) is 5.32 Å². The highest BCUT2D eigenvalue weighted by molar-refractivity contribution is 7.92. The van der Waals surface area contributed by atoms with E-state index >= 15 is 0 Å². The molecular weight excluding hydrogens is 364 g/mol. The molecule has 0 saturated heterocycles. The zero-order valence-electron chi connectivity index (χ0n) is 15.9. The predicted molar refractivity (Wildman–Crippen MR) is 107 cm³/mol. The molecule has 0 unspecified atom stereocenters. The number of para-hydroxylation sites is 1. The van der Waals surface area contributed by atoms with Crippen LogP contribution in [0, 0.1) is 20.8 Å². The summed E-state index contributed by atoms with van der Waals surface area (Å²) >= 11 is 0. The third-order valence-corrected chi connectivity index (χ3v) is 5.85. The summed E-state index contributed by atoms with van der Waals surface area (Å²) in [4.78, 5) is 12.9. The van der Waals surface area contributed by atoms with Crippen molar-refractivity contribution in [3.63, 3.8) is 0 Å². The Bertz CT molecular complexity index is 965. The van der Waals surface area contributed by atoms with E-state index in [4.69, 9.17) is 4.74 Å². The Balaban J connectivity index is 1.91. The fraction of sp³-hybridized carbons (Fsp3) is 0.350. The molecule has 1 N–H and O–H groups in total. The van der Waals surface area contributed by atoms with Crippen LogP contribution in [0.3, 0.4) is 0 Å². The molecule has 1 aliphatic heterocycles. The molecule has 2 aromatic rings. The predicted octanol–water partition coefficient (Wildman–Crippen LogP) is 3.17. The van der Waals surface area contributed by atoms with Crippen LogP contribution in [0.25, 0.3) is 0 Å². The van der Waals surface area contributed by atoms with Crippen molar-refractivity contribution in [2.45, 2.75) is 33.3 Å². The summed E-state index contributed by atoms with van der Waals surface area (Å²) in [5, 5.41) is 2.94. The Morgan fingerprint density at radius 3 is 2.44 bits per heavy atom. The molecule has 1 aliphatic rings. The molecule has 7 heteroatoms. The van der Waals surface area contributed by atoms with Crippen molar-refractivity contribution in [1.82, 2.24) is 0 Å². The molecule has 3 rings (SSSR count). The minimum absolute atomic E-state index is 0.181. The quantitative estimate of drug-likeness (QED) is 0.876. The summed E-state index contributed by atoms with van der Waals surface area (Å²) in [7, 11) is -3.48. The highest BCUT2D eigenvalue weighted by Gasteiger charge is 2.31. The number of rotatable bonds is 3. The third kappa shape index (κ3) is 4.08. The van der Waals surface area contributed by atoms with Gasteiger partial charge in [-0.15, -0.1) is 0 Å². The molecule has 0 saturated carbocycles. The highest BCUT2D eigenvalue weighted by Crippen LogP contribution is 2.35. The lowest BCUT2D eigenvalue weighted by atomic mass is 10.1. The first-order valence-corrected chi connectivity index (χ1v) is 10.6. The Morgan fingerprint density at radius 2 is 1.81 bits per heavy atom. The van der Waals surface area contributed by atoms with Gasteiger partial charge in [0.25, 0.3) is 5.91 Å².